The maximum Gasteiger partial charge on any atom is 0.329 e. The fourth-order valence-electron chi connectivity index (χ4n) is 3.90. The number of hydrogen-bond donors (Lipinski definition) is 4. The van der Waals surface area contributed by atoms with Crippen molar-refractivity contribution >= 4 is 45.0 Å². The number of aromatic hydroxyl groups is 1. The Balaban J connectivity index is 1.57. The lowest BCUT2D eigenvalue weighted by Crippen LogP contribution is -2.25. The second kappa shape index (κ2) is 9.65. The summed E-state index contributed by atoms with van der Waals surface area (Å²) >= 11 is 3.84. The Kier molecular flexibility index (Phi) is 6.44. The first kappa shape index (κ1) is 22.7. The van der Waals surface area contributed by atoms with Gasteiger partial charge >= 0.3 is 5.69 Å². The zero-order valence-corrected chi connectivity index (χ0v) is 20.8. The monoisotopic (exact) mass is 588 g/mol. The van der Waals surface area contributed by atoms with E-state index in [1.54, 1.807) is 35.6 Å². The molecule has 0 aliphatic rings. The number of nitrogens with zero attached hydrogens (tertiary/aromatic N) is 2. The molecule has 0 unspecified atom stereocenters. The summed E-state index contributed by atoms with van der Waals surface area (Å²) in [4.78, 5) is 25.1. The van der Waals surface area contributed by atoms with Gasteiger partial charge in [-0.05, 0) is 76.5 Å². The van der Waals surface area contributed by atoms with Gasteiger partial charge in [-0.1, -0.05) is 6.07 Å². The molecule has 0 aliphatic carbocycles. The summed E-state index contributed by atoms with van der Waals surface area (Å²) in [6, 6.07) is 16.3. The number of imidazole rings is 2. The maximum absolute atomic E-state index is 13.1. The minimum atomic E-state index is -0.534. The Morgan fingerprint density at radius 3 is 2.71 bits per heavy atom. The minimum Gasteiger partial charge on any atom is -0.493 e. The van der Waals surface area contributed by atoms with Crippen LogP contribution < -0.4 is 10.4 Å². The number of rotatable bonds is 8. The molecule has 0 spiro atoms. The van der Waals surface area contributed by atoms with Gasteiger partial charge in [0.2, 0.25) is 5.88 Å². The molecule has 2 aromatic carbocycles. The van der Waals surface area contributed by atoms with E-state index in [9.17, 15) is 9.90 Å². The molecule has 3 aromatic heterocycles. The molecule has 0 aliphatic heterocycles. The summed E-state index contributed by atoms with van der Waals surface area (Å²) in [6.45, 7) is 0.115. The molecular formula is C24H21IN4O4S. The van der Waals surface area contributed by atoms with Crippen molar-refractivity contribution in [2.24, 2.45) is 0 Å². The van der Waals surface area contributed by atoms with Gasteiger partial charge in [0.1, 0.15) is 29.9 Å². The van der Waals surface area contributed by atoms with Crippen LogP contribution in [0.15, 0.2) is 64.8 Å². The molecule has 5 aromatic rings. The third-order valence-electron chi connectivity index (χ3n) is 5.47. The number of thiophene rings is 1. The van der Waals surface area contributed by atoms with Crippen LogP contribution in [0.5, 0.6) is 11.6 Å². The first-order chi connectivity index (χ1) is 16.5. The van der Waals surface area contributed by atoms with E-state index in [4.69, 9.17) is 14.8 Å². The zero-order valence-electron chi connectivity index (χ0n) is 17.9. The number of aromatic amines is 2. The highest BCUT2D eigenvalue weighted by atomic mass is 127. The van der Waals surface area contributed by atoms with E-state index in [-0.39, 0.29) is 19.1 Å². The SMILES string of the molecule is O=c1[nH]c(-c2ccc(OCCO)cc2)c(O)n1[C@H](Cc1cccs1)c1nc2ccc(I)cc2[nH]1. The van der Waals surface area contributed by atoms with Crippen molar-refractivity contribution < 1.29 is 14.9 Å². The predicted octanol–water partition coefficient (Wildman–Crippen LogP) is 4.29. The first-order valence-corrected chi connectivity index (χ1v) is 12.5. The van der Waals surface area contributed by atoms with Gasteiger partial charge in [0, 0.05) is 20.4 Å². The van der Waals surface area contributed by atoms with Crippen molar-refractivity contribution in [3.05, 3.63) is 84.7 Å². The van der Waals surface area contributed by atoms with Crippen LogP contribution in [0.1, 0.15) is 16.7 Å². The van der Waals surface area contributed by atoms with Gasteiger partial charge in [-0.3, -0.25) is 4.57 Å². The van der Waals surface area contributed by atoms with E-state index in [0.717, 1.165) is 19.5 Å². The Hall–Kier alpha value is -3.09. The number of hydrogen-bond acceptors (Lipinski definition) is 6. The van der Waals surface area contributed by atoms with Crippen LogP contribution in [0, 0.1) is 3.57 Å². The fourth-order valence-corrected chi connectivity index (χ4v) is 5.13. The lowest BCUT2D eigenvalue weighted by Gasteiger charge is -2.16. The van der Waals surface area contributed by atoms with Crippen LogP contribution in [0.3, 0.4) is 0 Å². The second-order valence-electron chi connectivity index (χ2n) is 7.68. The Morgan fingerprint density at radius 1 is 1.15 bits per heavy atom. The van der Waals surface area contributed by atoms with E-state index in [0.29, 0.717) is 29.3 Å². The van der Waals surface area contributed by atoms with Crippen LogP contribution in [-0.4, -0.2) is 42.9 Å². The van der Waals surface area contributed by atoms with Crippen molar-refractivity contribution in [1.82, 2.24) is 19.5 Å². The highest BCUT2D eigenvalue weighted by Gasteiger charge is 2.26. The van der Waals surface area contributed by atoms with E-state index < -0.39 is 11.7 Å². The molecule has 0 fully saturated rings. The molecule has 10 heteroatoms. The molecule has 0 saturated heterocycles. The smallest absolute Gasteiger partial charge is 0.329 e. The summed E-state index contributed by atoms with van der Waals surface area (Å²) < 4.78 is 7.83. The molecule has 0 saturated carbocycles. The number of H-pyrrole nitrogens is 2. The van der Waals surface area contributed by atoms with Crippen molar-refractivity contribution in [2.75, 3.05) is 13.2 Å². The molecule has 4 N–H and O–H groups in total. The third kappa shape index (κ3) is 4.48. The summed E-state index contributed by atoms with van der Waals surface area (Å²) in [6.07, 6.45) is 0.493. The number of aliphatic hydroxyl groups is 1. The summed E-state index contributed by atoms with van der Waals surface area (Å²) in [7, 11) is 0. The normalized spacial score (nSPS) is 12.3. The van der Waals surface area contributed by atoms with Gasteiger partial charge in [-0.25, -0.2) is 9.78 Å². The highest BCUT2D eigenvalue weighted by molar-refractivity contribution is 14.1. The predicted molar refractivity (Wildman–Crippen MR) is 140 cm³/mol. The average molecular weight is 588 g/mol. The molecule has 174 valence electrons. The Morgan fingerprint density at radius 2 is 1.97 bits per heavy atom. The molecule has 3 heterocycles. The Bertz CT molecular complexity index is 1470. The number of ether oxygens (including phenoxy) is 1. The van der Waals surface area contributed by atoms with Gasteiger partial charge in [0.05, 0.1) is 17.6 Å². The summed E-state index contributed by atoms with van der Waals surface area (Å²) in [5.74, 6) is 1.03. The molecular weight excluding hydrogens is 567 g/mol. The standard InChI is InChI=1S/C24H21IN4O4S/c25-15-5-8-18-19(12-15)27-22(26-18)20(13-17-2-1-11-34-17)29-23(31)21(28-24(29)32)14-3-6-16(7-4-14)33-10-9-30/h1-8,11-12,20,30-31H,9-10,13H2,(H,26,27)(H,28,32)/t20-/m1/s1. The fraction of sp³-hybridized carbons (Fsp3) is 0.167. The number of aromatic nitrogens is 4. The largest absolute Gasteiger partial charge is 0.493 e. The van der Waals surface area contributed by atoms with Crippen molar-refractivity contribution in [1.29, 1.82) is 0 Å². The van der Waals surface area contributed by atoms with Gasteiger partial charge in [-0.15, -0.1) is 11.3 Å². The highest BCUT2D eigenvalue weighted by Crippen LogP contribution is 2.33. The number of nitrogens with one attached hydrogen (secondary N) is 2. The average Bonchev–Trinajstić information content (AvgIpc) is 3.56. The lowest BCUT2D eigenvalue weighted by molar-refractivity contribution is 0.201. The molecule has 34 heavy (non-hydrogen) atoms. The number of benzene rings is 2. The molecule has 8 nitrogen and oxygen atoms in total. The van der Waals surface area contributed by atoms with Gasteiger partial charge in [-0.2, -0.15) is 0 Å². The van der Waals surface area contributed by atoms with Crippen LogP contribution in [0.4, 0.5) is 0 Å². The first-order valence-electron chi connectivity index (χ1n) is 10.6. The van der Waals surface area contributed by atoms with Crippen LogP contribution in [0.2, 0.25) is 0 Å². The van der Waals surface area contributed by atoms with Crippen LogP contribution >= 0.6 is 33.9 Å². The van der Waals surface area contributed by atoms with E-state index in [1.165, 1.54) is 4.57 Å². The maximum atomic E-state index is 13.1. The zero-order chi connectivity index (χ0) is 23.7. The summed E-state index contributed by atoms with van der Waals surface area (Å²) in [5, 5.41) is 22.1. The number of aliphatic hydroxyl groups excluding tert-OH is 1. The van der Waals surface area contributed by atoms with E-state index >= 15 is 0 Å². The molecule has 0 radical (unpaired) electrons. The molecule has 0 amide bonds. The summed E-state index contributed by atoms with van der Waals surface area (Å²) in [5.41, 5.74) is 2.21. The topological polar surface area (TPSA) is 116 Å². The lowest BCUT2D eigenvalue weighted by atomic mass is 10.1. The minimum absolute atomic E-state index is 0.0781. The van der Waals surface area contributed by atoms with Crippen molar-refractivity contribution in [3.63, 3.8) is 0 Å². The van der Waals surface area contributed by atoms with Crippen LogP contribution in [-0.2, 0) is 6.42 Å². The second-order valence-corrected chi connectivity index (χ2v) is 9.96. The number of fused-ring (bicyclic) bond motifs is 1. The van der Waals surface area contributed by atoms with E-state index in [1.807, 2.05) is 35.7 Å². The Labute approximate surface area is 212 Å². The molecule has 0 bridgehead atoms. The quantitative estimate of drug-likeness (QED) is 0.202. The van der Waals surface area contributed by atoms with Crippen LogP contribution in [0.25, 0.3) is 22.3 Å². The molecule has 5 rings (SSSR count). The van der Waals surface area contributed by atoms with Crippen molar-refractivity contribution in [3.8, 4) is 22.9 Å². The van der Waals surface area contributed by atoms with Gasteiger partial charge in [0.25, 0.3) is 0 Å². The number of halogens is 1. The van der Waals surface area contributed by atoms with Gasteiger partial charge < -0.3 is 24.9 Å². The third-order valence-corrected chi connectivity index (χ3v) is 7.04. The molecule has 1 atom stereocenters. The van der Waals surface area contributed by atoms with Gasteiger partial charge in [0.15, 0.2) is 0 Å². The van der Waals surface area contributed by atoms with E-state index in [2.05, 4.69) is 32.6 Å². The van der Waals surface area contributed by atoms with Crippen molar-refractivity contribution in [2.45, 2.75) is 12.5 Å².